The first-order chi connectivity index (χ1) is 11.3. The number of aromatic amines is 2. The zero-order valence-electron chi connectivity index (χ0n) is 13.2. The van der Waals surface area contributed by atoms with Crippen molar-refractivity contribution < 1.29 is 0 Å². The lowest BCUT2D eigenvalue weighted by molar-refractivity contribution is 0.591. The summed E-state index contributed by atoms with van der Waals surface area (Å²) < 4.78 is 1.32. The summed E-state index contributed by atoms with van der Waals surface area (Å²) in [5.74, 6) is 0.718. The van der Waals surface area contributed by atoms with Crippen molar-refractivity contribution in [3.8, 4) is 0 Å². The number of aryl methyl sites for hydroxylation is 1. The molecule has 122 valence electrons. The standard InChI is InChI=1S/C16H22N6O/c1-2-3-4-5-6-7-8-9-10-13-18-15-12-11-17-20-14(12)19-16(23)22(15)21-13/h2,11H,1,3-10H2,(H2,17,19,20,23). The van der Waals surface area contributed by atoms with E-state index in [0.717, 1.165) is 30.5 Å². The summed E-state index contributed by atoms with van der Waals surface area (Å²) in [6.07, 6.45) is 12.8. The van der Waals surface area contributed by atoms with E-state index >= 15 is 0 Å². The van der Waals surface area contributed by atoms with Crippen LogP contribution in [-0.2, 0) is 6.42 Å². The fraction of sp³-hybridized carbons (Fsp3) is 0.500. The third-order valence-corrected chi connectivity index (χ3v) is 4.01. The Morgan fingerprint density at radius 1 is 1.17 bits per heavy atom. The second kappa shape index (κ2) is 7.21. The number of hydrogen-bond donors (Lipinski definition) is 2. The Bertz CT molecular complexity index is 843. The van der Waals surface area contributed by atoms with Crippen molar-refractivity contribution >= 4 is 16.7 Å². The van der Waals surface area contributed by atoms with Crippen molar-refractivity contribution in [2.45, 2.75) is 51.4 Å². The van der Waals surface area contributed by atoms with E-state index in [9.17, 15) is 4.79 Å². The van der Waals surface area contributed by atoms with Gasteiger partial charge in [0.1, 0.15) is 5.65 Å². The number of nitrogens with one attached hydrogen (secondary N) is 2. The highest BCUT2D eigenvalue weighted by Gasteiger charge is 2.11. The molecule has 3 rings (SSSR count). The molecule has 0 spiro atoms. The van der Waals surface area contributed by atoms with E-state index in [1.54, 1.807) is 6.20 Å². The van der Waals surface area contributed by atoms with Crippen LogP contribution in [0.4, 0.5) is 0 Å². The Kier molecular flexibility index (Phi) is 4.85. The molecule has 3 aromatic rings. The van der Waals surface area contributed by atoms with Gasteiger partial charge in [0.25, 0.3) is 0 Å². The third kappa shape index (κ3) is 3.49. The Labute approximate surface area is 133 Å². The molecule has 0 radical (unpaired) electrons. The highest BCUT2D eigenvalue weighted by molar-refractivity contribution is 5.87. The van der Waals surface area contributed by atoms with Gasteiger partial charge in [-0.1, -0.05) is 31.8 Å². The number of hydrogen-bond acceptors (Lipinski definition) is 4. The molecule has 0 aliphatic rings. The van der Waals surface area contributed by atoms with E-state index in [-0.39, 0.29) is 5.69 Å². The molecule has 0 atom stereocenters. The van der Waals surface area contributed by atoms with Crippen LogP contribution in [0.2, 0.25) is 0 Å². The van der Waals surface area contributed by atoms with Crippen LogP contribution in [0.3, 0.4) is 0 Å². The maximum Gasteiger partial charge on any atom is 0.349 e. The smallest absolute Gasteiger partial charge is 0.290 e. The van der Waals surface area contributed by atoms with Crippen LogP contribution in [0.15, 0.2) is 23.6 Å². The average Bonchev–Trinajstić information content (AvgIpc) is 3.16. The van der Waals surface area contributed by atoms with E-state index in [1.165, 1.54) is 36.6 Å². The van der Waals surface area contributed by atoms with Crippen LogP contribution in [0.25, 0.3) is 16.7 Å². The number of rotatable bonds is 9. The first kappa shape index (κ1) is 15.5. The molecule has 0 saturated heterocycles. The molecule has 2 N–H and O–H groups in total. The van der Waals surface area contributed by atoms with Gasteiger partial charge in [-0.3, -0.25) is 10.1 Å². The van der Waals surface area contributed by atoms with Crippen molar-refractivity contribution in [1.29, 1.82) is 0 Å². The quantitative estimate of drug-likeness (QED) is 0.469. The lowest BCUT2D eigenvalue weighted by atomic mass is 10.1. The predicted octanol–water partition coefficient (Wildman–Crippen LogP) is 2.75. The number of fused-ring (bicyclic) bond motifs is 3. The van der Waals surface area contributed by atoms with Crippen LogP contribution in [0, 0.1) is 0 Å². The fourth-order valence-corrected chi connectivity index (χ4v) is 2.77. The summed E-state index contributed by atoms with van der Waals surface area (Å²) in [4.78, 5) is 19.2. The summed E-state index contributed by atoms with van der Waals surface area (Å²) in [6.45, 7) is 3.73. The van der Waals surface area contributed by atoms with Gasteiger partial charge in [0.2, 0.25) is 0 Å². The normalized spacial score (nSPS) is 11.5. The Morgan fingerprint density at radius 3 is 2.78 bits per heavy atom. The van der Waals surface area contributed by atoms with Crippen molar-refractivity contribution in [3.05, 3.63) is 35.2 Å². The molecule has 7 heteroatoms. The first-order valence-electron chi connectivity index (χ1n) is 8.21. The second-order valence-corrected chi connectivity index (χ2v) is 5.80. The SMILES string of the molecule is C=CCCCCCCCCc1nc2c3cn[nH]c3[nH]c(=O)n2n1. The van der Waals surface area contributed by atoms with Crippen LogP contribution in [0.1, 0.15) is 50.8 Å². The van der Waals surface area contributed by atoms with Gasteiger partial charge in [-0.25, -0.2) is 9.78 Å². The van der Waals surface area contributed by atoms with Gasteiger partial charge >= 0.3 is 5.69 Å². The fourth-order valence-electron chi connectivity index (χ4n) is 2.77. The number of unbranched alkanes of at least 4 members (excludes halogenated alkanes) is 6. The van der Waals surface area contributed by atoms with Crippen LogP contribution in [-0.4, -0.2) is 29.8 Å². The van der Waals surface area contributed by atoms with Crippen LogP contribution in [0.5, 0.6) is 0 Å². The highest BCUT2D eigenvalue weighted by Crippen LogP contribution is 2.13. The van der Waals surface area contributed by atoms with Crippen molar-refractivity contribution in [2.75, 3.05) is 0 Å². The molecule has 0 aliphatic heterocycles. The van der Waals surface area contributed by atoms with Gasteiger partial charge < -0.3 is 0 Å². The van der Waals surface area contributed by atoms with Crippen LogP contribution >= 0.6 is 0 Å². The number of aromatic nitrogens is 6. The summed E-state index contributed by atoms with van der Waals surface area (Å²) in [5.41, 5.74) is 0.857. The number of allylic oxidation sites excluding steroid dienone is 1. The van der Waals surface area contributed by atoms with E-state index < -0.39 is 0 Å². The largest absolute Gasteiger partial charge is 0.349 e. The average molecular weight is 314 g/mol. The zero-order chi connectivity index (χ0) is 16.1. The maximum atomic E-state index is 12.0. The number of nitrogens with zero attached hydrogens (tertiary/aromatic N) is 4. The molecule has 0 saturated carbocycles. The molecule has 0 unspecified atom stereocenters. The molecule has 3 heterocycles. The lowest BCUT2D eigenvalue weighted by Crippen LogP contribution is -2.17. The minimum Gasteiger partial charge on any atom is -0.290 e. The minimum atomic E-state index is -0.294. The Hall–Kier alpha value is -2.44. The van der Waals surface area contributed by atoms with Crippen molar-refractivity contribution in [3.63, 3.8) is 0 Å². The zero-order valence-corrected chi connectivity index (χ0v) is 13.2. The second-order valence-electron chi connectivity index (χ2n) is 5.80. The topological polar surface area (TPSA) is 91.7 Å². The number of H-pyrrole nitrogens is 2. The van der Waals surface area contributed by atoms with Gasteiger partial charge in [0.15, 0.2) is 11.5 Å². The van der Waals surface area contributed by atoms with Crippen molar-refractivity contribution in [1.82, 2.24) is 29.8 Å². The Balaban J connectivity index is 1.56. The molecular formula is C16H22N6O. The van der Waals surface area contributed by atoms with Gasteiger partial charge in [-0.05, 0) is 19.3 Å². The van der Waals surface area contributed by atoms with Gasteiger partial charge in [0.05, 0.1) is 11.6 Å². The van der Waals surface area contributed by atoms with Gasteiger partial charge in [-0.2, -0.15) is 9.61 Å². The van der Waals surface area contributed by atoms with Crippen LogP contribution < -0.4 is 5.69 Å². The molecule has 0 amide bonds. The molecule has 0 aliphatic carbocycles. The van der Waals surface area contributed by atoms with E-state index in [1.807, 2.05) is 6.08 Å². The highest BCUT2D eigenvalue weighted by atomic mass is 16.1. The third-order valence-electron chi connectivity index (χ3n) is 4.01. The molecule has 3 aromatic heterocycles. The molecule has 0 aromatic carbocycles. The molecular weight excluding hydrogens is 292 g/mol. The lowest BCUT2D eigenvalue weighted by Gasteiger charge is -1.99. The molecule has 0 fully saturated rings. The Morgan fingerprint density at radius 2 is 1.96 bits per heavy atom. The van der Waals surface area contributed by atoms with E-state index in [0.29, 0.717) is 11.3 Å². The predicted molar refractivity (Wildman–Crippen MR) is 89.5 cm³/mol. The van der Waals surface area contributed by atoms with Gasteiger partial charge in [-0.15, -0.1) is 11.7 Å². The first-order valence-corrected chi connectivity index (χ1v) is 8.21. The maximum absolute atomic E-state index is 12.0. The van der Waals surface area contributed by atoms with E-state index in [2.05, 4.69) is 31.8 Å². The molecule has 23 heavy (non-hydrogen) atoms. The molecule has 7 nitrogen and oxygen atoms in total. The van der Waals surface area contributed by atoms with Crippen molar-refractivity contribution in [2.24, 2.45) is 0 Å². The summed E-state index contributed by atoms with van der Waals surface area (Å²) >= 11 is 0. The summed E-state index contributed by atoms with van der Waals surface area (Å²) in [5, 5.41) is 11.8. The molecule has 0 bridgehead atoms. The summed E-state index contributed by atoms with van der Waals surface area (Å²) in [6, 6.07) is 0. The minimum absolute atomic E-state index is 0.294. The van der Waals surface area contributed by atoms with Gasteiger partial charge in [0, 0.05) is 6.42 Å². The van der Waals surface area contributed by atoms with E-state index in [4.69, 9.17) is 0 Å². The summed E-state index contributed by atoms with van der Waals surface area (Å²) in [7, 11) is 0. The monoisotopic (exact) mass is 314 g/mol.